The Bertz CT molecular complexity index is 1470. The number of carbonyl (C=O) groups is 3. The molecular weight excluding hydrogens is 587 g/mol. The highest BCUT2D eigenvalue weighted by molar-refractivity contribution is 7.11. The van der Waals surface area contributed by atoms with Gasteiger partial charge in [0.1, 0.15) is 11.9 Å². The Labute approximate surface area is 250 Å². The monoisotopic (exact) mass is 616 g/mol. The molecule has 1 saturated carbocycles. The van der Waals surface area contributed by atoms with Crippen LogP contribution in [-0.4, -0.2) is 101 Å². The molecule has 3 aliphatic heterocycles. The summed E-state index contributed by atoms with van der Waals surface area (Å²) >= 11 is 7.84. The van der Waals surface area contributed by atoms with Crippen molar-refractivity contribution in [3.05, 3.63) is 62.5 Å². The van der Waals surface area contributed by atoms with Crippen molar-refractivity contribution >= 4 is 46.7 Å². The molecule has 0 spiro atoms. The van der Waals surface area contributed by atoms with Gasteiger partial charge >= 0.3 is 18.0 Å². The number of carbonyl (C=O) groups excluding carboxylic acids is 2. The van der Waals surface area contributed by atoms with Crippen molar-refractivity contribution < 1.29 is 28.6 Å². The number of aliphatic imine (C=N–C) groups is 1. The summed E-state index contributed by atoms with van der Waals surface area (Å²) in [5.41, 5.74) is 1.27. The first-order valence-corrected chi connectivity index (χ1v) is 15.0. The highest BCUT2D eigenvalue weighted by atomic mass is 35.5. The molecule has 1 aromatic carbocycles. The zero-order chi connectivity index (χ0) is 29.5. The number of carboxylic acids is 1. The van der Waals surface area contributed by atoms with Gasteiger partial charge in [0, 0.05) is 66.6 Å². The van der Waals surface area contributed by atoms with Gasteiger partial charge in [0.2, 0.25) is 0 Å². The third-order valence-electron chi connectivity index (χ3n) is 8.47. The fourth-order valence-corrected chi connectivity index (χ4v) is 7.37. The van der Waals surface area contributed by atoms with E-state index >= 15 is 0 Å². The maximum Gasteiger partial charge on any atom is 0.338 e. The van der Waals surface area contributed by atoms with Crippen molar-refractivity contribution in [3.63, 3.8) is 0 Å². The molecule has 14 heteroatoms. The van der Waals surface area contributed by atoms with Crippen molar-refractivity contribution in [2.24, 2.45) is 10.9 Å². The van der Waals surface area contributed by atoms with Gasteiger partial charge in [-0.3, -0.25) is 14.7 Å². The first-order chi connectivity index (χ1) is 20.2. The molecule has 2 amide bonds. The number of hydrogen-bond donors (Lipinski definition) is 2. The summed E-state index contributed by atoms with van der Waals surface area (Å²) in [5.74, 6) is -2.03. The largest absolute Gasteiger partial charge is 0.481 e. The summed E-state index contributed by atoms with van der Waals surface area (Å²) in [6.07, 6.45) is 3.72. The van der Waals surface area contributed by atoms with Gasteiger partial charge in [0.15, 0.2) is 10.8 Å². The number of ether oxygens (including phenoxy) is 1. The number of piperazine rings is 1. The highest BCUT2D eigenvalue weighted by Crippen LogP contribution is 2.38. The minimum Gasteiger partial charge on any atom is -0.481 e. The Morgan fingerprint density at radius 3 is 2.79 bits per heavy atom. The number of fused-ring (bicyclic) bond motifs is 1. The van der Waals surface area contributed by atoms with E-state index in [1.54, 1.807) is 11.1 Å². The topological polar surface area (TPSA) is 128 Å². The third-order valence-corrected chi connectivity index (χ3v) is 9.57. The Morgan fingerprint density at radius 1 is 1.24 bits per heavy atom. The molecule has 4 heterocycles. The highest BCUT2D eigenvalue weighted by Gasteiger charge is 2.48. The number of hydrogen-bond acceptors (Lipinski definition) is 9. The maximum absolute atomic E-state index is 13.9. The van der Waals surface area contributed by atoms with Crippen LogP contribution >= 0.6 is 22.9 Å². The first kappa shape index (κ1) is 28.6. The zero-order valence-corrected chi connectivity index (χ0v) is 24.4. The molecule has 6 rings (SSSR count). The zero-order valence-electron chi connectivity index (χ0n) is 22.8. The molecular formula is C28H30ClFN6O5S. The predicted octanol–water partition coefficient (Wildman–Crippen LogP) is 3.13. The Kier molecular flexibility index (Phi) is 7.90. The van der Waals surface area contributed by atoms with E-state index in [9.17, 15) is 23.9 Å². The van der Waals surface area contributed by atoms with E-state index in [2.05, 4.69) is 15.2 Å². The van der Waals surface area contributed by atoms with E-state index in [1.807, 2.05) is 10.3 Å². The van der Waals surface area contributed by atoms with E-state index in [0.717, 1.165) is 6.42 Å². The number of nitrogens with one attached hydrogen (secondary N) is 1. The molecule has 2 N–H and O–H groups in total. The van der Waals surface area contributed by atoms with Crippen LogP contribution in [0.1, 0.15) is 35.9 Å². The number of aromatic nitrogens is 1. The van der Waals surface area contributed by atoms with Crippen molar-refractivity contribution in [2.75, 3.05) is 39.8 Å². The summed E-state index contributed by atoms with van der Waals surface area (Å²) < 4.78 is 19.1. The Balaban J connectivity index is 1.28. The quantitative estimate of drug-likeness (QED) is 0.454. The molecule has 1 aromatic heterocycles. The second-order valence-corrected chi connectivity index (χ2v) is 12.2. The summed E-state index contributed by atoms with van der Waals surface area (Å²) in [7, 11) is 1.29. The number of rotatable bonds is 7. The van der Waals surface area contributed by atoms with Crippen LogP contribution in [-0.2, 0) is 14.3 Å². The lowest BCUT2D eigenvalue weighted by molar-refractivity contribution is -0.143. The minimum absolute atomic E-state index is 0.104. The second-order valence-electron chi connectivity index (χ2n) is 10.9. The van der Waals surface area contributed by atoms with Crippen LogP contribution in [0.2, 0.25) is 5.02 Å². The minimum atomic E-state index is -0.860. The standard InChI is InChI=1S/C28H30ClFN6O5S/c1-41-27(39)22-20(32-24(25-31-7-10-42-25)33-23(22)17-6-5-15(30)11-19(17)29)14-34-8-9-35-16(12-34)13-36(28(35)40)21-4-2-3-18(21)26(37)38/h5-7,10-11,16,18,21,23H,2-4,8-9,12-14H2,1H3,(H,32,33)(H,37,38)/t16?,18?,21-,23-/m0/s1. The predicted molar refractivity (Wildman–Crippen MR) is 153 cm³/mol. The smallest absolute Gasteiger partial charge is 0.338 e. The molecule has 4 aliphatic rings. The van der Waals surface area contributed by atoms with Crippen molar-refractivity contribution in [3.8, 4) is 0 Å². The van der Waals surface area contributed by atoms with Crippen molar-refractivity contribution in [1.29, 1.82) is 0 Å². The van der Waals surface area contributed by atoms with E-state index < -0.39 is 29.7 Å². The van der Waals surface area contributed by atoms with E-state index in [1.165, 1.54) is 36.6 Å². The number of urea groups is 1. The van der Waals surface area contributed by atoms with Crippen LogP contribution in [0.4, 0.5) is 9.18 Å². The SMILES string of the molecule is COC(=O)C1=C(CN2CCN3C(=O)N([C@H]4CCCC4C(=O)O)CC3C2)NC(c2nccs2)=N[C@H]1c1ccc(F)cc1Cl. The van der Waals surface area contributed by atoms with E-state index in [0.29, 0.717) is 67.7 Å². The molecule has 11 nitrogen and oxygen atoms in total. The van der Waals surface area contributed by atoms with Gasteiger partial charge in [0.05, 0.1) is 24.6 Å². The normalized spacial score (nSPS) is 26.3. The van der Waals surface area contributed by atoms with Crippen LogP contribution in [0.3, 0.4) is 0 Å². The van der Waals surface area contributed by atoms with E-state index in [-0.39, 0.29) is 28.7 Å². The molecule has 2 aromatic rings. The fraction of sp³-hybridized carbons (Fsp3) is 0.464. The number of amides is 2. The average Bonchev–Trinajstić information content (AvgIpc) is 3.73. The number of nitrogens with zero attached hydrogens (tertiary/aromatic N) is 5. The van der Waals surface area contributed by atoms with Crippen molar-refractivity contribution in [1.82, 2.24) is 25.0 Å². The van der Waals surface area contributed by atoms with Gasteiger partial charge in [0.25, 0.3) is 0 Å². The van der Waals surface area contributed by atoms with Gasteiger partial charge in [-0.2, -0.15) is 0 Å². The fourth-order valence-electron chi connectivity index (χ4n) is 6.51. The molecule has 4 atom stereocenters. The molecule has 42 heavy (non-hydrogen) atoms. The van der Waals surface area contributed by atoms with Gasteiger partial charge in [-0.05, 0) is 25.0 Å². The lowest BCUT2D eigenvalue weighted by Crippen LogP contribution is -2.53. The van der Waals surface area contributed by atoms with Crippen LogP contribution in [0.25, 0.3) is 0 Å². The van der Waals surface area contributed by atoms with Gasteiger partial charge in [-0.25, -0.2) is 19.0 Å². The summed E-state index contributed by atoms with van der Waals surface area (Å²) in [6, 6.07) is 2.61. The maximum atomic E-state index is 13.9. The van der Waals surface area contributed by atoms with Crippen LogP contribution in [0.15, 0.2) is 46.0 Å². The summed E-state index contributed by atoms with van der Waals surface area (Å²) in [6.45, 7) is 2.35. The Morgan fingerprint density at radius 2 is 2.07 bits per heavy atom. The van der Waals surface area contributed by atoms with Crippen LogP contribution < -0.4 is 5.32 Å². The Hall–Kier alpha value is -3.55. The number of thiazole rings is 1. The second kappa shape index (κ2) is 11.6. The number of aliphatic carboxylic acids is 1. The van der Waals surface area contributed by atoms with Gasteiger partial charge < -0.3 is 25.0 Å². The van der Waals surface area contributed by atoms with E-state index in [4.69, 9.17) is 21.3 Å². The lowest BCUT2D eigenvalue weighted by Gasteiger charge is -2.38. The van der Waals surface area contributed by atoms with Crippen LogP contribution in [0.5, 0.6) is 0 Å². The lowest BCUT2D eigenvalue weighted by atomic mass is 9.95. The first-order valence-electron chi connectivity index (χ1n) is 13.8. The molecule has 2 saturated heterocycles. The molecule has 3 fully saturated rings. The molecule has 0 bridgehead atoms. The molecule has 222 valence electrons. The summed E-state index contributed by atoms with van der Waals surface area (Å²) in [5, 5.41) is 15.5. The van der Waals surface area contributed by atoms with Gasteiger partial charge in [-0.15, -0.1) is 11.3 Å². The number of methoxy groups -OCH3 is 1. The number of carboxylic acid groups (broad SMARTS) is 1. The molecule has 2 unspecified atom stereocenters. The van der Waals surface area contributed by atoms with Gasteiger partial charge in [-0.1, -0.05) is 24.1 Å². The molecule has 0 radical (unpaired) electrons. The number of esters is 1. The van der Waals surface area contributed by atoms with Crippen molar-refractivity contribution in [2.45, 2.75) is 37.4 Å². The molecule has 1 aliphatic carbocycles. The number of amidine groups is 1. The number of benzene rings is 1. The number of halogens is 2. The summed E-state index contributed by atoms with van der Waals surface area (Å²) in [4.78, 5) is 53.2. The average molecular weight is 617 g/mol. The van der Waals surface area contributed by atoms with Crippen LogP contribution in [0, 0.1) is 11.7 Å². The third kappa shape index (κ3) is 5.25.